The number of nitrogens with zero attached hydrogens (tertiary/aromatic N) is 4. The molecule has 23 heavy (non-hydrogen) atoms. The van der Waals surface area contributed by atoms with Gasteiger partial charge in [0.15, 0.2) is 5.16 Å². The molecule has 7 heteroatoms. The molecule has 1 saturated heterocycles. The van der Waals surface area contributed by atoms with Crippen molar-refractivity contribution < 1.29 is 4.79 Å². The molecule has 0 bridgehead atoms. The van der Waals surface area contributed by atoms with Crippen LogP contribution in [0.2, 0.25) is 0 Å². The number of carbonyl (C=O) groups excluding carboxylic acids is 1. The van der Waals surface area contributed by atoms with Gasteiger partial charge >= 0.3 is 0 Å². The maximum atomic E-state index is 12.6. The Bertz CT molecular complexity index is 850. The van der Waals surface area contributed by atoms with Gasteiger partial charge in [0.2, 0.25) is 10.9 Å². The molecule has 0 aliphatic carbocycles. The Labute approximate surface area is 142 Å². The molecule has 4 rings (SSSR count). The molecule has 0 N–H and O–H groups in total. The van der Waals surface area contributed by atoms with E-state index in [4.69, 9.17) is 0 Å². The van der Waals surface area contributed by atoms with E-state index >= 15 is 0 Å². The lowest BCUT2D eigenvalue weighted by molar-refractivity contribution is -0.131. The minimum absolute atomic E-state index is 0.140. The van der Waals surface area contributed by atoms with Gasteiger partial charge in [-0.25, -0.2) is 0 Å². The van der Waals surface area contributed by atoms with Crippen molar-refractivity contribution in [1.82, 2.24) is 19.5 Å². The highest BCUT2D eigenvalue weighted by molar-refractivity contribution is 8.00. The number of hydrogen-bond acceptors (Lipinski definition) is 5. The van der Waals surface area contributed by atoms with Gasteiger partial charge in [-0.3, -0.25) is 9.20 Å². The number of carbonyl (C=O) groups is 1. The maximum absolute atomic E-state index is 12.6. The third-order valence-electron chi connectivity index (χ3n) is 4.21. The van der Waals surface area contributed by atoms with Crippen molar-refractivity contribution in [2.45, 2.75) is 36.6 Å². The average Bonchev–Trinajstić information content (AvgIpc) is 3.14. The van der Waals surface area contributed by atoms with Crippen LogP contribution in [0, 0.1) is 0 Å². The van der Waals surface area contributed by atoms with E-state index in [2.05, 4.69) is 26.7 Å². The molecule has 1 atom stereocenters. The minimum atomic E-state index is -0.140. The predicted octanol–water partition coefficient (Wildman–Crippen LogP) is 3.44. The Balaban J connectivity index is 1.60. The van der Waals surface area contributed by atoms with Crippen LogP contribution in [0.15, 0.2) is 29.4 Å². The highest BCUT2D eigenvalue weighted by Crippen LogP contribution is 2.31. The van der Waals surface area contributed by atoms with Crippen molar-refractivity contribution in [3.8, 4) is 0 Å². The summed E-state index contributed by atoms with van der Waals surface area (Å²) in [5, 5.41) is 9.22. The second-order valence-corrected chi connectivity index (χ2v) is 8.13. The third kappa shape index (κ3) is 2.72. The van der Waals surface area contributed by atoms with Crippen LogP contribution in [-0.4, -0.2) is 43.7 Å². The molecular weight excluding hydrogens is 328 g/mol. The minimum Gasteiger partial charge on any atom is -0.342 e. The number of piperidine rings is 1. The normalized spacial score (nSPS) is 17.0. The Morgan fingerprint density at radius 3 is 2.83 bits per heavy atom. The summed E-state index contributed by atoms with van der Waals surface area (Å²) >= 11 is 3.13. The number of thiazole rings is 1. The van der Waals surface area contributed by atoms with E-state index in [1.54, 1.807) is 11.3 Å². The van der Waals surface area contributed by atoms with Crippen LogP contribution in [0.1, 0.15) is 26.2 Å². The summed E-state index contributed by atoms with van der Waals surface area (Å²) in [7, 11) is 0. The molecule has 1 aromatic carbocycles. The first-order chi connectivity index (χ1) is 11.2. The van der Waals surface area contributed by atoms with E-state index in [0.29, 0.717) is 0 Å². The highest BCUT2D eigenvalue weighted by atomic mass is 32.2. The fraction of sp³-hybridized carbons (Fsp3) is 0.438. The Hall–Kier alpha value is -1.60. The van der Waals surface area contributed by atoms with Gasteiger partial charge in [0, 0.05) is 13.1 Å². The van der Waals surface area contributed by atoms with Crippen molar-refractivity contribution >= 4 is 44.2 Å². The fourth-order valence-electron chi connectivity index (χ4n) is 3.01. The quantitative estimate of drug-likeness (QED) is 0.682. The number of para-hydroxylation sites is 1. The monoisotopic (exact) mass is 346 g/mol. The summed E-state index contributed by atoms with van der Waals surface area (Å²) < 4.78 is 3.25. The number of benzene rings is 1. The number of likely N-dealkylation sites (tertiary alicyclic amines) is 1. The molecule has 120 valence electrons. The Morgan fingerprint density at radius 1 is 1.22 bits per heavy atom. The largest absolute Gasteiger partial charge is 0.342 e. The van der Waals surface area contributed by atoms with Gasteiger partial charge in [-0.15, -0.1) is 10.2 Å². The van der Waals surface area contributed by atoms with Crippen molar-refractivity contribution in [2.75, 3.05) is 13.1 Å². The molecule has 1 aliphatic heterocycles. The van der Waals surface area contributed by atoms with Gasteiger partial charge in [-0.05, 0) is 38.3 Å². The van der Waals surface area contributed by atoms with E-state index in [0.717, 1.165) is 41.6 Å². The van der Waals surface area contributed by atoms with Crippen LogP contribution in [0.25, 0.3) is 15.2 Å². The smallest absolute Gasteiger partial charge is 0.235 e. The number of aromatic nitrogens is 3. The van der Waals surface area contributed by atoms with Crippen LogP contribution in [-0.2, 0) is 4.79 Å². The van der Waals surface area contributed by atoms with Crippen molar-refractivity contribution in [1.29, 1.82) is 0 Å². The number of fused-ring (bicyclic) bond motifs is 3. The molecule has 0 spiro atoms. The summed E-state index contributed by atoms with van der Waals surface area (Å²) in [6.45, 7) is 3.75. The standard InChI is InChI=1S/C16H18N4OS2/c1-11(14(21)19-9-5-2-6-10-19)22-15-17-18-16-20(15)12-7-3-4-8-13(12)23-16/h3-4,7-8,11H,2,5-6,9-10H2,1H3. The third-order valence-corrected chi connectivity index (χ3v) is 6.25. The van der Waals surface area contributed by atoms with Crippen LogP contribution < -0.4 is 0 Å². The molecule has 1 aliphatic rings. The van der Waals surface area contributed by atoms with Crippen molar-refractivity contribution in [3.63, 3.8) is 0 Å². The van der Waals surface area contributed by atoms with Crippen molar-refractivity contribution in [2.24, 2.45) is 0 Å². The lowest BCUT2D eigenvalue weighted by Gasteiger charge is -2.28. The van der Waals surface area contributed by atoms with Gasteiger partial charge in [0.1, 0.15) is 0 Å². The van der Waals surface area contributed by atoms with Gasteiger partial charge in [0.05, 0.1) is 15.5 Å². The highest BCUT2D eigenvalue weighted by Gasteiger charge is 2.25. The number of thioether (sulfide) groups is 1. The van der Waals surface area contributed by atoms with Crippen LogP contribution in [0.3, 0.4) is 0 Å². The van der Waals surface area contributed by atoms with E-state index in [1.807, 2.05) is 24.0 Å². The average molecular weight is 346 g/mol. The number of amides is 1. The summed E-state index contributed by atoms with van der Waals surface area (Å²) in [6.07, 6.45) is 3.47. The lowest BCUT2D eigenvalue weighted by Crippen LogP contribution is -2.40. The van der Waals surface area contributed by atoms with Gasteiger partial charge in [-0.1, -0.05) is 35.2 Å². The molecule has 0 saturated carbocycles. The van der Waals surface area contributed by atoms with Crippen LogP contribution in [0.4, 0.5) is 0 Å². The Morgan fingerprint density at radius 2 is 2.00 bits per heavy atom. The molecule has 5 nitrogen and oxygen atoms in total. The first kappa shape index (κ1) is 15.0. The number of hydrogen-bond donors (Lipinski definition) is 0. The second-order valence-electron chi connectivity index (χ2n) is 5.82. The molecule has 3 heterocycles. The van der Waals surface area contributed by atoms with Gasteiger partial charge in [-0.2, -0.15) is 0 Å². The summed E-state index contributed by atoms with van der Waals surface area (Å²) in [5.41, 5.74) is 1.11. The first-order valence-electron chi connectivity index (χ1n) is 7.92. The van der Waals surface area contributed by atoms with Crippen LogP contribution in [0.5, 0.6) is 0 Å². The molecular formula is C16H18N4OS2. The molecule has 1 fully saturated rings. The molecule has 1 amide bonds. The topological polar surface area (TPSA) is 50.5 Å². The SMILES string of the molecule is CC(Sc1nnc2sc3ccccc3n12)C(=O)N1CCCCC1. The van der Waals surface area contributed by atoms with E-state index < -0.39 is 0 Å². The fourth-order valence-corrected chi connectivity index (χ4v) is 4.98. The summed E-state index contributed by atoms with van der Waals surface area (Å²) in [5.74, 6) is 0.214. The van der Waals surface area contributed by atoms with Gasteiger partial charge in [0.25, 0.3) is 0 Å². The van der Waals surface area contributed by atoms with Crippen LogP contribution >= 0.6 is 23.1 Å². The van der Waals surface area contributed by atoms with E-state index in [-0.39, 0.29) is 11.2 Å². The molecule has 0 radical (unpaired) electrons. The zero-order valence-electron chi connectivity index (χ0n) is 12.9. The molecule has 1 unspecified atom stereocenters. The lowest BCUT2D eigenvalue weighted by atomic mass is 10.1. The summed E-state index contributed by atoms with van der Waals surface area (Å²) in [6, 6.07) is 8.21. The van der Waals surface area contributed by atoms with E-state index in [9.17, 15) is 4.79 Å². The first-order valence-corrected chi connectivity index (χ1v) is 9.62. The zero-order chi connectivity index (χ0) is 15.8. The van der Waals surface area contributed by atoms with Crippen molar-refractivity contribution in [3.05, 3.63) is 24.3 Å². The zero-order valence-corrected chi connectivity index (χ0v) is 14.6. The summed E-state index contributed by atoms with van der Waals surface area (Å²) in [4.78, 5) is 15.5. The molecule has 2 aromatic heterocycles. The molecule has 3 aromatic rings. The Kier molecular flexibility index (Phi) is 3.98. The predicted molar refractivity (Wildman–Crippen MR) is 94.1 cm³/mol. The van der Waals surface area contributed by atoms with E-state index in [1.165, 1.54) is 22.9 Å². The number of rotatable bonds is 3. The van der Waals surface area contributed by atoms with Gasteiger partial charge < -0.3 is 4.90 Å². The second kappa shape index (κ2) is 6.13. The maximum Gasteiger partial charge on any atom is 0.235 e.